The van der Waals surface area contributed by atoms with Crippen molar-refractivity contribution >= 4 is 127 Å². The van der Waals surface area contributed by atoms with Gasteiger partial charge in [-0.05, 0) is 260 Å². The maximum Gasteiger partial charge on any atom is 0.545 e. The van der Waals surface area contributed by atoms with Gasteiger partial charge < -0.3 is 71.1 Å². The van der Waals surface area contributed by atoms with Crippen LogP contribution in [-0.4, -0.2) is 173 Å². The smallest absolute Gasteiger partial charge is 0.502 e. The minimum atomic E-state index is -3.54. The van der Waals surface area contributed by atoms with E-state index in [1.165, 1.54) is 48.5 Å². The highest BCUT2D eigenvalue weighted by Gasteiger charge is 2.55. The lowest BCUT2D eigenvalue weighted by molar-refractivity contribution is -0.138. The van der Waals surface area contributed by atoms with Gasteiger partial charge in [0.15, 0.2) is 33.3 Å². The van der Waals surface area contributed by atoms with Gasteiger partial charge in [-0.15, -0.1) is 0 Å². The van der Waals surface area contributed by atoms with Crippen LogP contribution in [0.2, 0.25) is 111 Å². The van der Waals surface area contributed by atoms with Gasteiger partial charge in [0.1, 0.15) is 28.7 Å². The van der Waals surface area contributed by atoms with Gasteiger partial charge in [0.05, 0.1) is 46.2 Å². The molecule has 0 aliphatic heterocycles. The molecule has 0 bridgehead atoms. The van der Waals surface area contributed by atoms with Crippen LogP contribution in [0.15, 0.2) is 121 Å². The number of rotatable bonds is 41. The Morgan fingerprint density at radius 3 is 0.698 bits per heavy atom. The third-order valence-corrected chi connectivity index (χ3v) is 38.3. The highest BCUT2D eigenvalue weighted by molar-refractivity contribution is 6.89. The summed E-state index contributed by atoms with van der Waals surface area (Å²) < 4.78 is 94.2. The van der Waals surface area contributed by atoms with Crippen LogP contribution in [0.1, 0.15) is 106 Å². The van der Waals surface area contributed by atoms with Crippen LogP contribution in [0.3, 0.4) is 0 Å². The first-order valence-corrected chi connectivity index (χ1v) is 57.7. The molecule has 106 heavy (non-hydrogen) atoms. The second-order valence-corrected chi connectivity index (χ2v) is 58.1. The van der Waals surface area contributed by atoms with Gasteiger partial charge in [-0.25, -0.2) is 24.0 Å². The molecule has 0 saturated heterocycles. The van der Waals surface area contributed by atoms with Crippen LogP contribution in [0.4, 0.5) is 0 Å². The highest BCUT2D eigenvalue weighted by atomic mass is 28.5. The summed E-state index contributed by atoms with van der Waals surface area (Å²) in [4.78, 5) is 119. The van der Waals surface area contributed by atoms with Gasteiger partial charge >= 0.3 is 64.8 Å². The van der Waals surface area contributed by atoms with Crippen molar-refractivity contribution in [2.75, 3.05) is 46.2 Å². The van der Waals surface area contributed by atoms with Crippen molar-refractivity contribution in [2.24, 2.45) is 0 Å². The number of hydrogen-bond donors (Lipinski definition) is 0. The van der Waals surface area contributed by atoms with E-state index in [0.717, 1.165) is 6.42 Å². The van der Waals surface area contributed by atoms with Crippen LogP contribution in [0, 0.1) is 0 Å². The van der Waals surface area contributed by atoms with E-state index in [0.29, 0.717) is 60.0 Å². The fraction of sp³-hybridized carbons (Fsp3) is 0.444. The van der Waals surface area contributed by atoms with Gasteiger partial charge in [0.2, 0.25) is 0 Å². The summed E-state index contributed by atoms with van der Waals surface area (Å²) >= 11 is 0. The van der Waals surface area contributed by atoms with Gasteiger partial charge in [-0.3, -0.25) is 24.0 Å². The lowest BCUT2D eigenvalue weighted by atomic mass is 10.1. The maximum atomic E-state index is 12.3. The van der Waals surface area contributed by atoms with Crippen LogP contribution in [0.25, 0.3) is 0 Å². The Morgan fingerprint density at radius 2 is 0.481 bits per heavy atom. The van der Waals surface area contributed by atoms with Crippen LogP contribution in [0.5, 0.6) is 28.7 Å². The van der Waals surface area contributed by atoms with Crippen molar-refractivity contribution in [3.63, 3.8) is 0 Å². The van der Waals surface area contributed by atoms with Crippen molar-refractivity contribution in [1.82, 2.24) is 0 Å². The zero-order valence-corrected chi connectivity index (χ0v) is 73.2. The predicted molar refractivity (Wildman–Crippen MR) is 416 cm³/mol. The molecule has 0 aliphatic carbocycles. The molecule has 5 aromatic carbocycles. The molecule has 5 aromatic rings. The lowest BCUT2D eigenvalue weighted by Gasteiger charge is -2.41. The number of esters is 5. The summed E-state index contributed by atoms with van der Waals surface area (Å²) in [7, 11) is -22.1. The molecule has 582 valence electrons. The summed E-state index contributed by atoms with van der Waals surface area (Å²) in [5.41, 5.74) is 1.07. The van der Waals surface area contributed by atoms with E-state index in [1.54, 1.807) is 121 Å². The van der Waals surface area contributed by atoms with Crippen molar-refractivity contribution < 1.29 is 119 Å². The molecule has 0 amide bonds. The maximum absolute atomic E-state index is 12.3. The molecule has 0 aliphatic rings. The van der Waals surface area contributed by atoms with Gasteiger partial charge in [-0.1, -0.05) is 6.92 Å². The van der Waals surface area contributed by atoms with Crippen molar-refractivity contribution in [2.45, 2.75) is 165 Å². The van der Waals surface area contributed by atoms with Gasteiger partial charge in [0, 0.05) is 47.5 Å². The molecule has 26 nitrogen and oxygen atoms in total. The predicted octanol–water partition coefficient (Wildman–Crippen LogP) is 14.1. The van der Waals surface area contributed by atoms with E-state index in [2.05, 4.69) is 44.0 Å². The van der Waals surface area contributed by atoms with Crippen molar-refractivity contribution in [1.29, 1.82) is 0 Å². The first kappa shape index (κ1) is 92.5. The van der Waals surface area contributed by atoms with Crippen LogP contribution < -0.4 is 22.8 Å². The minimum absolute atomic E-state index is 0.0984. The van der Waals surface area contributed by atoms with E-state index in [4.69, 9.17) is 66.4 Å². The molecular formula is C72H106O26Si8. The second kappa shape index (κ2) is 42.2. The third-order valence-electron chi connectivity index (χ3n) is 13.1. The number of ether oxygens (including phenoxy) is 7. The van der Waals surface area contributed by atoms with Crippen molar-refractivity contribution in [3.05, 3.63) is 149 Å². The monoisotopic (exact) mass is 1610 g/mol. The molecule has 0 aromatic heterocycles. The van der Waals surface area contributed by atoms with E-state index in [1.807, 2.05) is 59.3 Å². The summed E-state index contributed by atoms with van der Waals surface area (Å²) in [6, 6.07) is 31.8. The molecule has 4 atom stereocenters. The molecule has 0 saturated carbocycles. The summed E-state index contributed by atoms with van der Waals surface area (Å²) in [6.07, 6.45) is 1.54. The minimum Gasteiger partial charge on any atom is -0.502 e. The quantitative estimate of drug-likeness (QED) is 0.00876. The fourth-order valence-corrected chi connectivity index (χ4v) is 40.6. The van der Waals surface area contributed by atoms with Crippen molar-refractivity contribution in [3.8, 4) is 28.7 Å². The largest absolute Gasteiger partial charge is 0.545 e. The second-order valence-electron chi connectivity index (χ2n) is 27.8. The van der Waals surface area contributed by atoms with E-state index < -0.39 is 127 Å². The number of ketones is 5. The number of carbonyl (C=O) groups is 10. The van der Waals surface area contributed by atoms with Gasteiger partial charge in [-0.2, -0.15) is 0 Å². The highest BCUT2D eigenvalue weighted by Crippen LogP contribution is 2.33. The summed E-state index contributed by atoms with van der Waals surface area (Å²) in [5.74, 6) is -5.60. The fourth-order valence-electron chi connectivity index (χ4n) is 9.80. The van der Waals surface area contributed by atoms with E-state index in [9.17, 15) is 47.9 Å². The normalized spacial score (nSPS) is 13.7. The Balaban J connectivity index is 0.000000452. The Hall–Kier alpha value is -7.70. The molecular weight excluding hydrogens is 1510 g/mol. The molecule has 34 heteroatoms. The summed E-state index contributed by atoms with van der Waals surface area (Å²) in [5, 5.41) is 0. The van der Waals surface area contributed by atoms with Gasteiger partial charge in [0.25, 0.3) is 28.9 Å². The lowest BCUT2D eigenvalue weighted by Crippen LogP contribution is -2.63. The standard InChI is InChI=1S/C31H48O11Si4.C28H42O11Si4.C13H16O4/c1-11-36-30(34)28(32)24-14-18-26(19-15-24)38-22-13-23-45(9,40-43(3,4)5)42-46(10,41-44(6,7)8)39-27-20-16-25(17-21-27)29(33)31(35)37-12-2;1-11-33-27(31)25(29)21-13-17-23(18-14-21)35-42(9,37-40(3,4)5)39-43(10,38-41(6,7)8)36-24-19-15-22(16-20-24)26(30)28(32)34-12-2;1-3-9-17-11-7-5-10(6-8-11)12(14)13(15)16-4-2/h14-21H,11-13,22-23H2,1-10H3;13-20H,11-12H2,1-10H3;5-8H,3-4,9H2,1-2H3. The zero-order valence-electron chi connectivity index (χ0n) is 65.2. The molecule has 0 radical (unpaired) electrons. The number of benzene rings is 5. The Kier molecular flexibility index (Phi) is 36.8. The number of hydrogen-bond acceptors (Lipinski definition) is 26. The Labute approximate surface area is 631 Å². The number of carbonyl (C=O) groups excluding carboxylic acids is 10. The topological polar surface area (TPSA) is 318 Å². The van der Waals surface area contributed by atoms with Crippen LogP contribution in [-0.2, 0) is 72.3 Å². The van der Waals surface area contributed by atoms with Crippen LogP contribution >= 0.6 is 0 Å². The summed E-state index contributed by atoms with van der Waals surface area (Å²) in [6.45, 7) is 43.8. The molecule has 0 heterocycles. The molecule has 0 N–H and O–H groups in total. The zero-order chi connectivity index (χ0) is 80.1. The SMILES string of the molecule is CCCOc1ccc(C(=O)C(=O)OCC)cc1.CCOC(=O)C(=O)c1ccc(OCCC[Si](C)(O[Si](C)(C)C)O[Si](C)(Oc2ccc(C(=O)C(=O)OCC)cc2)O[Si](C)(C)C)cc1.CCOC(=O)C(=O)c1ccc(O[Si](C)(O[Si](C)(C)C)O[Si](C)(Oc2ccc(C(=O)C(=O)OCC)cc2)O[Si](C)(C)C)cc1. The molecule has 0 spiro atoms. The molecule has 0 fully saturated rings. The molecule has 5 rings (SSSR count). The number of Topliss-reactive ketones (excluding diaryl/α,β-unsaturated/α-hetero) is 5. The van der Waals surface area contributed by atoms with E-state index in [-0.39, 0.29) is 55.3 Å². The first-order chi connectivity index (χ1) is 49.3. The average molecular weight is 1610 g/mol. The molecule has 4 unspecified atom stereocenters. The van der Waals surface area contributed by atoms with E-state index >= 15 is 0 Å². The first-order valence-electron chi connectivity index (χ1n) is 34.9. The Morgan fingerprint density at radius 1 is 0.264 bits per heavy atom. The Bertz CT molecular complexity index is 3630. The third kappa shape index (κ3) is 34.0. The average Bonchev–Trinajstić information content (AvgIpc) is 0.796.